The summed E-state index contributed by atoms with van der Waals surface area (Å²) in [6.07, 6.45) is 1.63. The monoisotopic (exact) mass is 430 g/mol. The van der Waals surface area contributed by atoms with E-state index in [1.807, 2.05) is 24.3 Å². The topological polar surface area (TPSA) is 63.0 Å². The highest BCUT2D eigenvalue weighted by Crippen LogP contribution is 2.26. The normalized spacial score (nSPS) is 11.2. The van der Waals surface area contributed by atoms with Gasteiger partial charge in [-0.25, -0.2) is 14.2 Å². The van der Waals surface area contributed by atoms with E-state index in [-0.39, 0.29) is 11.5 Å². The summed E-state index contributed by atoms with van der Waals surface area (Å²) in [6.45, 7) is 0. The van der Waals surface area contributed by atoms with Crippen LogP contribution < -0.4 is 5.69 Å². The fourth-order valence-electron chi connectivity index (χ4n) is 2.50. The van der Waals surface area contributed by atoms with Crippen molar-refractivity contribution in [3.63, 3.8) is 0 Å². The van der Waals surface area contributed by atoms with Crippen molar-refractivity contribution in [2.75, 3.05) is 0 Å². The van der Waals surface area contributed by atoms with Gasteiger partial charge < -0.3 is 0 Å². The molecule has 0 spiro atoms. The second kappa shape index (κ2) is 7.05. The summed E-state index contributed by atoms with van der Waals surface area (Å²) in [4.78, 5) is 19.6. The van der Waals surface area contributed by atoms with Crippen LogP contribution in [0.4, 0.5) is 4.39 Å². The van der Waals surface area contributed by atoms with Crippen LogP contribution in [0, 0.1) is 5.82 Å². The van der Waals surface area contributed by atoms with E-state index in [4.69, 9.17) is 0 Å². The van der Waals surface area contributed by atoms with Gasteiger partial charge in [-0.2, -0.15) is 9.61 Å². The Kier molecular flexibility index (Phi) is 4.60. The maximum Gasteiger partial charge on any atom is 0.350 e. The zero-order valence-corrected chi connectivity index (χ0v) is 15.7. The number of thioether (sulfide) groups is 1. The van der Waals surface area contributed by atoms with E-state index in [0.717, 1.165) is 21.2 Å². The van der Waals surface area contributed by atoms with Gasteiger partial charge >= 0.3 is 5.69 Å². The van der Waals surface area contributed by atoms with E-state index in [1.165, 1.54) is 28.4 Å². The molecular formula is C18H12BrFN4OS. The molecule has 0 aliphatic heterocycles. The average Bonchev–Trinajstić information content (AvgIpc) is 3.06. The van der Waals surface area contributed by atoms with E-state index in [2.05, 4.69) is 31.0 Å². The first kappa shape index (κ1) is 17.0. The molecule has 2 aromatic heterocycles. The van der Waals surface area contributed by atoms with Crippen LogP contribution in [0.1, 0.15) is 5.56 Å². The van der Waals surface area contributed by atoms with Gasteiger partial charge in [-0.05, 0) is 35.4 Å². The molecule has 2 heterocycles. The van der Waals surface area contributed by atoms with Crippen molar-refractivity contribution in [2.45, 2.75) is 10.9 Å². The van der Waals surface area contributed by atoms with Gasteiger partial charge in [0.05, 0.1) is 6.20 Å². The summed E-state index contributed by atoms with van der Waals surface area (Å²) in [5.41, 5.74) is 2.81. The summed E-state index contributed by atoms with van der Waals surface area (Å²) >= 11 is 4.79. The Labute approximate surface area is 160 Å². The van der Waals surface area contributed by atoms with Crippen molar-refractivity contribution < 1.29 is 4.39 Å². The molecule has 0 saturated heterocycles. The fourth-order valence-corrected chi connectivity index (χ4v) is 3.57. The van der Waals surface area contributed by atoms with E-state index < -0.39 is 0 Å². The van der Waals surface area contributed by atoms with Crippen LogP contribution in [-0.4, -0.2) is 19.6 Å². The van der Waals surface area contributed by atoms with Gasteiger partial charge in [-0.15, -0.1) is 0 Å². The molecule has 0 aliphatic rings. The lowest BCUT2D eigenvalue weighted by molar-refractivity contribution is 0.627. The molecular weight excluding hydrogens is 419 g/mol. The number of aromatic amines is 1. The predicted molar refractivity (Wildman–Crippen MR) is 103 cm³/mol. The number of nitrogens with one attached hydrogen (secondary N) is 1. The van der Waals surface area contributed by atoms with E-state index in [9.17, 15) is 9.18 Å². The Balaban J connectivity index is 1.68. The Hall–Kier alpha value is -2.45. The molecule has 0 amide bonds. The van der Waals surface area contributed by atoms with Crippen LogP contribution >= 0.6 is 27.7 Å². The Morgan fingerprint density at radius 2 is 1.85 bits per heavy atom. The Morgan fingerprint density at radius 1 is 1.12 bits per heavy atom. The molecule has 130 valence electrons. The van der Waals surface area contributed by atoms with E-state index in [1.54, 1.807) is 18.3 Å². The molecule has 26 heavy (non-hydrogen) atoms. The van der Waals surface area contributed by atoms with E-state index >= 15 is 0 Å². The summed E-state index contributed by atoms with van der Waals surface area (Å²) in [5.74, 6) is 0.298. The molecule has 1 N–H and O–H groups in total. The number of rotatable bonds is 4. The maximum atomic E-state index is 13.0. The first-order valence-electron chi connectivity index (χ1n) is 7.71. The second-order valence-corrected chi connectivity index (χ2v) is 7.44. The molecule has 4 aromatic rings. The number of H-pyrrole nitrogens is 1. The van der Waals surface area contributed by atoms with E-state index in [0.29, 0.717) is 16.6 Å². The molecule has 4 rings (SSSR count). The van der Waals surface area contributed by atoms with Crippen LogP contribution in [-0.2, 0) is 5.75 Å². The van der Waals surface area contributed by atoms with Crippen LogP contribution in [0.15, 0.2) is 69.2 Å². The number of halogens is 2. The van der Waals surface area contributed by atoms with Gasteiger partial charge in [-0.3, -0.25) is 4.98 Å². The molecule has 2 aromatic carbocycles. The fraction of sp³-hybridized carbons (Fsp3) is 0.0556. The third kappa shape index (κ3) is 3.42. The number of aromatic nitrogens is 4. The van der Waals surface area contributed by atoms with Crippen molar-refractivity contribution >= 4 is 33.3 Å². The Bertz CT molecular complexity index is 1120. The first-order chi connectivity index (χ1) is 12.6. The molecule has 0 aliphatic carbocycles. The van der Waals surface area contributed by atoms with Gasteiger partial charge in [0.1, 0.15) is 5.82 Å². The molecule has 8 heteroatoms. The van der Waals surface area contributed by atoms with Gasteiger partial charge in [0, 0.05) is 15.8 Å². The van der Waals surface area contributed by atoms with Gasteiger partial charge in [0.2, 0.25) is 0 Å². The number of benzene rings is 2. The molecule has 0 fully saturated rings. The van der Waals surface area contributed by atoms with Gasteiger partial charge in [0.15, 0.2) is 10.8 Å². The zero-order valence-electron chi connectivity index (χ0n) is 13.3. The van der Waals surface area contributed by atoms with Crippen LogP contribution in [0.2, 0.25) is 0 Å². The standard InChI is InChI=1S/C18H12BrFN4OS/c19-13-5-3-12(4-6-13)15-9-21-24-16(15)22-17(23-18(24)25)26-10-11-1-7-14(20)8-2-11/h1-9H,10H2,(H,22,23,25). The third-order valence-electron chi connectivity index (χ3n) is 3.80. The Morgan fingerprint density at radius 3 is 2.58 bits per heavy atom. The highest BCUT2D eigenvalue weighted by molar-refractivity contribution is 9.10. The van der Waals surface area contributed by atoms with Crippen molar-refractivity contribution in [2.24, 2.45) is 0 Å². The van der Waals surface area contributed by atoms with Crippen molar-refractivity contribution in [1.82, 2.24) is 19.6 Å². The zero-order chi connectivity index (χ0) is 18.1. The average molecular weight is 431 g/mol. The predicted octanol–water partition coefficient (Wildman–Crippen LogP) is 4.28. The molecule has 0 saturated carbocycles. The largest absolute Gasteiger partial charge is 0.350 e. The maximum absolute atomic E-state index is 13.0. The molecule has 0 radical (unpaired) electrons. The SMILES string of the molecule is O=c1[nH]c(SCc2ccc(F)cc2)nc2c(-c3ccc(Br)cc3)cnn12. The molecule has 0 atom stereocenters. The summed E-state index contributed by atoms with van der Waals surface area (Å²) in [7, 11) is 0. The van der Waals surface area contributed by atoms with Gasteiger partial charge in [-0.1, -0.05) is 52.0 Å². The highest BCUT2D eigenvalue weighted by atomic mass is 79.9. The van der Waals surface area contributed by atoms with Crippen molar-refractivity contribution in [3.05, 3.63) is 81.1 Å². The molecule has 5 nitrogen and oxygen atoms in total. The number of hydrogen-bond acceptors (Lipinski definition) is 4. The second-order valence-electron chi connectivity index (χ2n) is 5.56. The minimum Gasteiger partial charge on any atom is -0.285 e. The number of hydrogen-bond donors (Lipinski definition) is 1. The van der Waals surface area contributed by atoms with Crippen LogP contribution in [0.5, 0.6) is 0 Å². The summed E-state index contributed by atoms with van der Waals surface area (Å²) in [5, 5.41) is 4.63. The third-order valence-corrected chi connectivity index (χ3v) is 5.27. The van der Waals surface area contributed by atoms with Crippen molar-refractivity contribution in [3.8, 4) is 11.1 Å². The smallest absolute Gasteiger partial charge is 0.285 e. The van der Waals surface area contributed by atoms with Crippen LogP contribution in [0.25, 0.3) is 16.8 Å². The summed E-state index contributed by atoms with van der Waals surface area (Å²) < 4.78 is 15.2. The van der Waals surface area contributed by atoms with Crippen molar-refractivity contribution in [1.29, 1.82) is 0 Å². The summed E-state index contributed by atoms with van der Waals surface area (Å²) in [6, 6.07) is 14.0. The molecule has 0 bridgehead atoms. The minimum absolute atomic E-state index is 0.273. The lowest BCUT2D eigenvalue weighted by Crippen LogP contribution is -2.19. The first-order valence-corrected chi connectivity index (χ1v) is 9.49. The molecule has 0 unspecified atom stereocenters. The lowest BCUT2D eigenvalue weighted by Gasteiger charge is -2.03. The van der Waals surface area contributed by atoms with Gasteiger partial charge in [0.25, 0.3) is 0 Å². The lowest BCUT2D eigenvalue weighted by atomic mass is 10.1. The number of fused-ring (bicyclic) bond motifs is 1. The minimum atomic E-state index is -0.347. The quantitative estimate of drug-likeness (QED) is 0.490. The van der Waals surface area contributed by atoms with Crippen LogP contribution in [0.3, 0.4) is 0 Å². The highest BCUT2D eigenvalue weighted by Gasteiger charge is 2.12. The number of nitrogens with zero attached hydrogens (tertiary/aromatic N) is 3.